The van der Waals surface area contributed by atoms with Crippen LogP contribution in [-0.2, 0) is 0 Å². The summed E-state index contributed by atoms with van der Waals surface area (Å²) in [6, 6.07) is 11.3. The van der Waals surface area contributed by atoms with E-state index in [2.05, 4.69) is 15.9 Å². The summed E-state index contributed by atoms with van der Waals surface area (Å²) in [5.74, 6) is 0. The van der Waals surface area contributed by atoms with E-state index in [0.29, 0.717) is 10.0 Å². The predicted octanol–water partition coefficient (Wildman–Crippen LogP) is 5.11. The van der Waals surface area contributed by atoms with Crippen molar-refractivity contribution in [1.29, 1.82) is 0 Å². The molecular weight excluding hydrogens is 333 g/mol. The Labute approximate surface area is 125 Å². The van der Waals surface area contributed by atoms with E-state index in [0.717, 1.165) is 21.2 Å². The third kappa shape index (κ3) is 2.89. The van der Waals surface area contributed by atoms with Crippen molar-refractivity contribution in [2.24, 2.45) is 5.73 Å². The van der Waals surface area contributed by atoms with Crippen LogP contribution in [-0.4, -0.2) is 0 Å². The molecule has 0 aromatic heterocycles. The van der Waals surface area contributed by atoms with Crippen molar-refractivity contribution in [2.75, 3.05) is 0 Å². The molecule has 0 bridgehead atoms. The third-order valence-corrected chi connectivity index (χ3v) is 4.10. The van der Waals surface area contributed by atoms with Crippen molar-refractivity contribution >= 4 is 39.1 Å². The van der Waals surface area contributed by atoms with Gasteiger partial charge in [0.05, 0.1) is 16.1 Å². The summed E-state index contributed by atoms with van der Waals surface area (Å²) in [6.07, 6.45) is 0. The molecular formula is C14H12BrCl2N. The first-order valence-corrected chi connectivity index (χ1v) is 7.00. The molecule has 0 saturated carbocycles. The Kier molecular flexibility index (Phi) is 4.33. The molecule has 2 N–H and O–H groups in total. The van der Waals surface area contributed by atoms with Crippen molar-refractivity contribution in [1.82, 2.24) is 0 Å². The predicted molar refractivity (Wildman–Crippen MR) is 81.4 cm³/mol. The molecule has 1 nitrogen and oxygen atoms in total. The van der Waals surface area contributed by atoms with E-state index in [1.807, 2.05) is 37.3 Å². The molecule has 0 aliphatic rings. The van der Waals surface area contributed by atoms with Gasteiger partial charge in [0.2, 0.25) is 0 Å². The Morgan fingerprint density at radius 2 is 1.78 bits per heavy atom. The van der Waals surface area contributed by atoms with Gasteiger partial charge in [-0.15, -0.1) is 0 Å². The van der Waals surface area contributed by atoms with E-state index in [1.165, 1.54) is 0 Å². The first-order valence-electron chi connectivity index (χ1n) is 5.45. The summed E-state index contributed by atoms with van der Waals surface area (Å²) in [7, 11) is 0. The molecule has 0 saturated heterocycles. The zero-order valence-corrected chi connectivity index (χ0v) is 12.9. The first kappa shape index (κ1) is 13.9. The normalized spacial score (nSPS) is 12.5. The highest BCUT2D eigenvalue weighted by Gasteiger charge is 2.12. The second-order valence-corrected chi connectivity index (χ2v) is 5.88. The molecule has 2 rings (SSSR count). The van der Waals surface area contributed by atoms with Crippen LogP contribution in [0.4, 0.5) is 0 Å². The lowest BCUT2D eigenvalue weighted by Gasteiger charge is -2.16. The smallest absolute Gasteiger partial charge is 0.0595 e. The molecule has 1 atom stereocenters. The Bertz CT molecular complexity index is 584. The van der Waals surface area contributed by atoms with Crippen molar-refractivity contribution in [2.45, 2.75) is 13.0 Å². The van der Waals surface area contributed by atoms with E-state index < -0.39 is 0 Å². The molecule has 94 valence electrons. The van der Waals surface area contributed by atoms with E-state index in [-0.39, 0.29) is 6.04 Å². The van der Waals surface area contributed by atoms with Crippen LogP contribution in [0.15, 0.2) is 40.9 Å². The minimum Gasteiger partial charge on any atom is -0.320 e. The summed E-state index contributed by atoms with van der Waals surface area (Å²) in [5.41, 5.74) is 9.44. The van der Waals surface area contributed by atoms with Crippen LogP contribution < -0.4 is 5.73 Å². The van der Waals surface area contributed by atoms with Crippen LogP contribution in [0.3, 0.4) is 0 Å². The molecule has 0 fully saturated rings. The quantitative estimate of drug-likeness (QED) is 0.804. The maximum atomic E-state index is 6.27. The number of hydrogen-bond donors (Lipinski definition) is 1. The fourth-order valence-corrected chi connectivity index (χ4v) is 2.66. The summed E-state index contributed by atoms with van der Waals surface area (Å²) < 4.78 is 1.05. The van der Waals surface area contributed by atoms with Crippen molar-refractivity contribution in [3.63, 3.8) is 0 Å². The maximum Gasteiger partial charge on any atom is 0.0595 e. The SMILES string of the molecule is Cc1cc(Br)ccc1C(N)c1ccc(Cl)c(Cl)c1. The fourth-order valence-electron chi connectivity index (χ4n) is 1.87. The van der Waals surface area contributed by atoms with Gasteiger partial charge in [-0.3, -0.25) is 0 Å². The molecule has 2 aromatic carbocycles. The average Bonchev–Trinajstić information content (AvgIpc) is 2.32. The van der Waals surface area contributed by atoms with E-state index in [1.54, 1.807) is 6.07 Å². The molecule has 0 heterocycles. The van der Waals surface area contributed by atoms with Gasteiger partial charge < -0.3 is 5.73 Å². The van der Waals surface area contributed by atoms with Crippen LogP contribution in [0.2, 0.25) is 10.0 Å². The second-order valence-electron chi connectivity index (χ2n) is 4.15. The minimum atomic E-state index is -0.201. The fraction of sp³-hybridized carbons (Fsp3) is 0.143. The van der Waals surface area contributed by atoms with Gasteiger partial charge in [0.15, 0.2) is 0 Å². The molecule has 2 aromatic rings. The Morgan fingerprint density at radius 1 is 1.06 bits per heavy atom. The number of hydrogen-bond acceptors (Lipinski definition) is 1. The lowest BCUT2D eigenvalue weighted by Crippen LogP contribution is -2.13. The van der Waals surface area contributed by atoms with Crippen molar-refractivity contribution in [3.8, 4) is 0 Å². The van der Waals surface area contributed by atoms with Crippen molar-refractivity contribution in [3.05, 3.63) is 67.6 Å². The second kappa shape index (κ2) is 5.62. The number of halogens is 3. The first-order chi connectivity index (χ1) is 8.49. The van der Waals surface area contributed by atoms with Crippen LogP contribution >= 0.6 is 39.1 Å². The molecule has 0 aliphatic carbocycles. The number of rotatable bonds is 2. The highest BCUT2D eigenvalue weighted by molar-refractivity contribution is 9.10. The van der Waals surface area contributed by atoms with E-state index in [9.17, 15) is 0 Å². The van der Waals surface area contributed by atoms with Gasteiger partial charge in [-0.1, -0.05) is 51.3 Å². The zero-order chi connectivity index (χ0) is 13.3. The van der Waals surface area contributed by atoms with Gasteiger partial charge >= 0.3 is 0 Å². The topological polar surface area (TPSA) is 26.0 Å². The number of aryl methyl sites for hydroxylation is 1. The molecule has 0 radical (unpaired) electrons. The van der Waals surface area contributed by atoms with Crippen LogP contribution in [0.5, 0.6) is 0 Å². The van der Waals surface area contributed by atoms with E-state index >= 15 is 0 Å². The lowest BCUT2D eigenvalue weighted by molar-refractivity contribution is 0.861. The van der Waals surface area contributed by atoms with Gasteiger partial charge in [0.25, 0.3) is 0 Å². The summed E-state index contributed by atoms with van der Waals surface area (Å²) >= 11 is 15.4. The van der Waals surface area contributed by atoms with Gasteiger partial charge in [-0.2, -0.15) is 0 Å². The molecule has 0 spiro atoms. The van der Waals surface area contributed by atoms with E-state index in [4.69, 9.17) is 28.9 Å². The Hall–Kier alpha value is -0.540. The highest BCUT2D eigenvalue weighted by atomic mass is 79.9. The standard InChI is InChI=1S/C14H12BrCl2N/c1-8-6-10(15)3-4-11(8)14(18)9-2-5-12(16)13(17)7-9/h2-7,14H,18H2,1H3. The summed E-state index contributed by atoms with van der Waals surface area (Å²) in [5, 5.41) is 1.07. The van der Waals surface area contributed by atoms with Gasteiger partial charge in [-0.25, -0.2) is 0 Å². The van der Waals surface area contributed by atoms with Crippen LogP contribution in [0.25, 0.3) is 0 Å². The monoisotopic (exact) mass is 343 g/mol. The largest absolute Gasteiger partial charge is 0.320 e. The Morgan fingerprint density at radius 3 is 2.39 bits per heavy atom. The Balaban J connectivity index is 2.41. The summed E-state index contributed by atoms with van der Waals surface area (Å²) in [6.45, 7) is 2.04. The highest BCUT2D eigenvalue weighted by Crippen LogP contribution is 2.29. The van der Waals surface area contributed by atoms with Gasteiger partial charge in [0.1, 0.15) is 0 Å². The molecule has 1 unspecified atom stereocenters. The average molecular weight is 345 g/mol. The van der Waals surface area contributed by atoms with Gasteiger partial charge in [-0.05, 0) is 47.9 Å². The molecule has 4 heteroatoms. The van der Waals surface area contributed by atoms with Crippen LogP contribution in [0, 0.1) is 6.92 Å². The molecule has 18 heavy (non-hydrogen) atoms. The number of benzene rings is 2. The zero-order valence-electron chi connectivity index (χ0n) is 9.75. The maximum absolute atomic E-state index is 6.27. The molecule has 0 aliphatic heterocycles. The minimum absolute atomic E-state index is 0.201. The van der Waals surface area contributed by atoms with Crippen LogP contribution in [0.1, 0.15) is 22.7 Å². The third-order valence-electron chi connectivity index (χ3n) is 2.87. The van der Waals surface area contributed by atoms with Gasteiger partial charge in [0, 0.05) is 4.47 Å². The number of nitrogens with two attached hydrogens (primary N) is 1. The molecule has 0 amide bonds. The lowest BCUT2D eigenvalue weighted by atomic mass is 9.96. The summed E-state index contributed by atoms with van der Waals surface area (Å²) in [4.78, 5) is 0. The van der Waals surface area contributed by atoms with Crippen molar-refractivity contribution < 1.29 is 0 Å².